The van der Waals surface area contributed by atoms with E-state index in [1.54, 1.807) is 7.11 Å². The molecular formula is C28H32N2O4S. The highest BCUT2D eigenvalue weighted by atomic mass is 32.1. The SMILES string of the molecule is CO[C@H]1[C@H](NC(=O)c2ccsc2)c2ccccc2C12CCN(Cc1cccc(OCCO)c1)CC2. The van der Waals surface area contributed by atoms with Crippen molar-refractivity contribution in [1.82, 2.24) is 10.2 Å². The Hall–Kier alpha value is -2.71. The number of rotatable bonds is 8. The lowest BCUT2D eigenvalue weighted by Crippen LogP contribution is -2.50. The lowest BCUT2D eigenvalue weighted by molar-refractivity contribution is -0.0122. The summed E-state index contributed by atoms with van der Waals surface area (Å²) in [6.07, 6.45) is 1.82. The van der Waals surface area contributed by atoms with E-state index < -0.39 is 0 Å². The summed E-state index contributed by atoms with van der Waals surface area (Å²) in [6, 6.07) is 18.3. The highest BCUT2D eigenvalue weighted by Crippen LogP contribution is 2.52. The third-order valence-electron chi connectivity index (χ3n) is 7.42. The molecule has 5 rings (SSSR count). The maximum atomic E-state index is 13.0. The minimum absolute atomic E-state index is 0.00921. The van der Waals surface area contributed by atoms with Gasteiger partial charge in [-0.1, -0.05) is 36.4 Å². The number of amides is 1. The predicted molar refractivity (Wildman–Crippen MR) is 137 cm³/mol. The molecule has 1 aromatic heterocycles. The molecule has 0 bridgehead atoms. The highest BCUT2D eigenvalue weighted by molar-refractivity contribution is 7.08. The van der Waals surface area contributed by atoms with Crippen LogP contribution in [-0.2, 0) is 16.7 Å². The van der Waals surface area contributed by atoms with Crippen LogP contribution in [0.25, 0.3) is 0 Å². The number of thiophene rings is 1. The lowest BCUT2D eigenvalue weighted by Gasteiger charge is -2.44. The summed E-state index contributed by atoms with van der Waals surface area (Å²) in [6.45, 7) is 3.05. The molecule has 0 unspecified atom stereocenters. The smallest absolute Gasteiger partial charge is 0.252 e. The lowest BCUT2D eigenvalue weighted by atomic mass is 9.72. The Morgan fingerprint density at radius 2 is 2.00 bits per heavy atom. The van der Waals surface area contributed by atoms with Gasteiger partial charge < -0.3 is 19.9 Å². The van der Waals surface area contributed by atoms with Crippen molar-refractivity contribution in [1.29, 1.82) is 0 Å². The van der Waals surface area contributed by atoms with E-state index in [0.29, 0.717) is 12.2 Å². The molecule has 2 atom stereocenters. The molecule has 7 heteroatoms. The van der Waals surface area contributed by atoms with Crippen LogP contribution < -0.4 is 10.1 Å². The second kappa shape index (κ2) is 10.5. The topological polar surface area (TPSA) is 71.0 Å². The van der Waals surface area contributed by atoms with Crippen molar-refractivity contribution in [2.45, 2.75) is 36.9 Å². The summed E-state index contributed by atoms with van der Waals surface area (Å²) in [5.41, 5.74) is 4.25. The standard InChI is InChI=1S/C28H32N2O4S/c1-33-26-25(29-27(32)21-9-16-35-19-21)23-7-2-3-8-24(23)28(26)10-12-30(13-11-28)18-20-5-4-6-22(17-20)34-15-14-31/h2-9,16-17,19,25-26,31H,10-15,18H2,1H3,(H,29,32)/t25-,26+/m1/s1. The monoisotopic (exact) mass is 492 g/mol. The van der Waals surface area contributed by atoms with Crippen LogP contribution in [0.5, 0.6) is 5.75 Å². The number of piperidine rings is 1. The van der Waals surface area contributed by atoms with Gasteiger partial charge in [-0.2, -0.15) is 11.3 Å². The number of carbonyl (C=O) groups excluding carboxylic acids is 1. The van der Waals surface area contributed by atoms with Gasteiger partial charge in [-0.3, -0.25) is 9.69 Å². The Labute approximate surface area is 210 Å². The molecule has 2 aromatic carbocycles. The second-order valence-corrected chi connectivity index (χ2v) is 10.1. The number of likely N-dealkylation sites (tertiary alicyclic amines) is 1. The number of fused-ring (bicyclic) bond motifs is 2. The van der Waals surface area contributed by atoms with Crippen molar-refractivity contribution < 1.29 is 19.4 Å². The summed E-state index contributed by atoms with van der Waals surface area (Å²) in [7, 11) is 1.77. The van der Waals surface area contributed by atoms with Crippen LogP contribution in [0, 0.1) is 0 Å². The van der Waals surface area contributed by atoms with E-state index in [9.17, 15) is 4.79 Å². The van der Waals surface area contributed by atoms with Gasteiger partial charge in [-0.15, -0.1) is 0 Å². The molecule has 35 heavy (non-hydrogen) atoms. The molecule has 2 N–H and O–H groups in total. The van der Waals surface area contributed by atoms with Gasteiger partial charge in [0.05, 0.1) is 24.3 Å². The van der Waals surface area contributed by atoms with Crippen LogP contribution in [0.3, 0.4) is 0 Å². The molecule has 0 radical (unpaired) electrons. The van der Waals surface area contributed by atoms with Crippen LogP contribution in [0.2, 0.25) is 0 Å². The van der Waals surface area contributed by atoms with Crippen LogP contribution in [-0.4, -0.2) is 55.4 Å². The molecule has 1 fully saturated rings. The zero-order chi connectivity index (χ0) is 24.3. The second-order valence-electron chi connectivity index (χ2n) is 9.36. The fraction of sp³-hybridized carbons (Fsp3) is 0.393. The van der Waals surface area contributed by atoms with Gasteiger partial charge >= 0.3 is 0 Å². The van der Waals surface area contributed by atoms with E-state index in [1.807, 2.05) is 29.0 Å². The minimum Gasteiger partial charge on any atom is -0.491 e. The van der Waals surface area contributed by atoms with Gasteiger partial charge in [-0.05, 0) is 66.2 Å². The number of hydrogen-bond donors (Lipinski definition) is 2. The van der Waals surface area contributed by atoms with Crippen molar-refractivity contribution in [3.63, 3.8) is 0 Å². The number of nitrogens with zero attached hydrogens (tertiary/aromatic N) is 1. The van der Waals surface area contributed by atoms with Gasteiger partial charge in [0, 0.05) is 24.4 Å². The van der Waals surface area contributed by atoms with E-state index in [-0.39, 0.29) is 30.1 Å². The first kappa shape index (κ1) is 24.0. The molecule has 6 nitrogen and oxygen atoms in total. The number of hydrogen-bond acceptors (Lipinski definition) is 6. The van der Waals surface area contributed by atoms with Gasteiger partial charge in [0.15, 0.2) is 0 Å². The molecule has 2 heterocycles. The molecule has 1 aliphatic carbocycles. The molecule has 3 aromatic rings. The number of carbonyl (C=O) groups is 1. The molecule has 1 saturated heterocycles. The molecule has 1 spiro atoms. The quantitative estimate of drug-likeness (QED) is 0.494. The Morgan fingerprint density at radius 3 is 2.74 bits per heavy atom. The molecular weight excluding hydrogens is 460 g/mol. The number of aliphatic hydroxyl groups excluding tert-OH is 1. The summed E-state index contributed by atoms with van der Waals surface area (Å²) < 4.78 is 11.7. The first-order chi connectivity index (χ1) is 17.1. The Balaban J connectivity index is 1.32. The van der Waals surface area contributed by atoms with E-state index >= 15 is 0 Å². The first-order valence-electron chi connectivity index (χ1n) is 12.1. The molecule has 1 aliphatic heterocycles. The molecule has 184 valence electrons. The van der Waals surface area contributed by atoms with Gasteiger partial charge in [0.1, 0.15) is 12.4 Å². The summed E-state index contributed by atoms with van der Waals surface area (Å²) in [5.74, 6) is 0.740. The van der Waals surface area contributed by atoms with E-state index in [2.05, 4.69) is 46.6 Å². The number of aliphatic hydroxyl groups is 1. The minimum atomic E-state index is -0.171. The molecule has 2 aliphatic rings. The maximum absolute atomic E-state index is 13.0. The normalized spacial score (nSPS) is 21.1. The van der Waals surface area contributed by atoms with Crippen LogP contribution in [0.15, 0.2) is 65.4 Å². The summed E-state index contributed by atoms with van der Waals surface area (Å²) in [5, 5.41) is 16.1. The molecule has 1 amide bonds. The Morgan fingerprint density at radius 1 is 1.17 bits per heavy atom. The van der Waals surface area contributed by atoms with Crippen molar-refractivity contribution in [3.05, 3.63) is 87.6 Å². The van der Waals surface area contributed by atoms with Gasteiger partial charge in [-0.25, -0.2) is 0 Å². The van der Waals surface area contributed by atoms with Crippen molar-refractivity contribution in [2.24, 2.45) is 0 Å². The fourth-order valence-electron chi connectivity index (χ4n) is 5.81. The number of methoxy groups -OCH3 is 1. The number of nitrogens with one attached hydrogen (secondary N) is 1. The van der Waals surface area contributed by atoms with Gasteiger partial charge in [0.2, 0.25) is 0 Å². The Bertz CT molecular complexity index is 1140. The van der Waals surface area contributed by atoms with Crippen LogP contribution in [0.4, 0.5) is 0 Å². The zero-order valence-corrected chi connectivity index (χ0v) is 20.8. The van der Waals surface area contributed by atoms with Crippen molar-refractivity contribution in [2.75, 3.05) is 33.4 Å². The largest absolute Gasteiger partial charge is 0.491 e. The highest BCUT2D eigenvalue weighted by Gasteiger charge is 2.53. The third kappa shape index (κ3) is 4.74. The Kier molecular flexibility index (Phi) is 7.20. The third-order valence-corrected chi connectivity index (χ3v) is 8.10. The zero-order valence-electron chi connectivity index (χ0n) is 20.0. The maximum Gasteiger partial charge on any atom is 0.252 e. The summed E-state index contributed by atoms with van der Waals surface area (Å²) in [4.78, 5) is 15.4. The van der Waals surface area contributed by atoms with Crippen molar-refractivity contribution >= 4 is 17.2 Å². The van der Waals surface area contributed by atoms with Gasteiger partial charge in [0.25, 0.3) is 5.91 Å². The van der Waals surface area contributed by atoms with E-state index in [0.717, 1.165) is 38.2 Å². The average Bonchev–Trinajstić information content (AvgIpc) is 3.51. The van der Waals surface area contributed by atoms with Crippen molar-refractivity contribution in [3.8, 4) is 5.75 Å². The van der Waals surface area contributed by atoms with E-state index in [4.69, 9.17) is 14.6 Å². The van der Waals surface area contributed by atoms with Crippen LogP contribution >= 0.6 is 11.3 Å². The molecule has 0 saturated carbocycles. The van der Waals surface area contributed by atoms with Crippen LogP contribution in [0.1, 0.15) is 45.9 Å². The van der Waals surface area contributed by atoms with E-state index in [1.165, 1.54) is 28.0 Å². The average molecular weight is 493 g/mol. The number of ether oxygens (including phenoxy) is 2. The predicted octanol–water partition coefficient (Wildman–Crippen LogP) is 4.15. The first-order valence-corrected chi connectivity index (χ1v) is 13.1. The fourth-order valence-corrected chi connectivity index (χ4v) is 6.45. The number of benzene rings is 2. The summed E-state index contributed by atoms with van der Waals surface area (Å²) >= 11 is 1.53.